The number of nitrogens with one attached hydrogen (secondary N) is 1. The van der Waals surface area contributed by atoms with Crippen LogP contribution in [0.4, 0.5) is 0 Å². The number of carbonyl (C=O) groups excluding carboxylic acids is 1. The fourth-order valence-electron chi connectivity index (χ4n) is 1.48. The van der Waals surface area contributed by atoms with Crippen LogP contribution in [-0.4, -0.2) is 44.0 Å². The van der Waals surface area contributed by atoms with E-state index in [1.165, 1.54) is 0 Å². The minimum Gasteiger partial charge on any atom is -0.370 e. The second-order valence-corrected chi connectivity index (χ2v) is 6.26. The van der Waals surface area contributed by atoms with E-state index in [4.69, 9.17) is 26.2 Å². The fraction of sp³-hybridized carbons (Fsp3) is 0.818. The summed E-state index contributed by atoms with van der Waals surface area (Å²) in [5.74, 6) is -0.415. The average molecular weight is 323 g/mol. The molecule has 0 saturated carbocycles. The van der Waals surface area contributed by atoms with Gasteiger partial charge in [-0.1, -0.05) is 0 Å². The number of aliphatic imine (C=N–C) groups is 1. The lowest BCUT2D eigenvalue weighted by Gasteiger charge is -2.18. The van der Waals surface area contributed by atoms with E-state index < -0.39 is 19.5 Å². The van der Waals surface area contributed by atoms with Gasteiger partial charge in [-0.25, -0.2) is 0 Å². The van der Waals surface area contributed by atoms with Gasteiger partial charge in [0.05, 0.1) is 19.3 Å². The van der Waals surface area contributed by atoms with Crippen LogP contribution in [0.1, 0.15) is 26.7 Å². The first-order valence-electron chi connectivity index (χ1n) is 6.81. The average Bonchev–Trinajstić information content (AvgIpc) is 2.41. The monoisotopic (exact) mass is 323 g/mol. The highest BCUT2D eigenvalue weighted by Crippen LogP contribution is 2.46. The van der Waals surface area contributed by atoms with Crippen molar-refractivity contribution in [3.8, 4) is 0 Å². The number of hydrogen-bond acceptors (Lipinski definition) is 6. The van der Waals surface area contributed by atoms with Crippen LogP contribution in [0.3, 0.4) is 0 Å². The smallest absolute Gasteiger partial charge is 0.349 e. The molecule has 0 aromatic heterocycles. The van der Waals surface area contributed by atoms with Gasteiger partial charge in [0.25, 0.3) is 0 Å². The van der Waals surface area contributed by atoms with Crippen LogP contribution < -0.4 is 22.5 Å². The Bertz CT molecular complexity index is 377. The Morgan fingerprint density at radius 2 is 1.86 bits per heavy atom. The Labute approximate surface area is 125 Å². The normalized spacial score (nSPS) is 12.7. The molecule has 0 aliphatic carbocycles. The number of hydrogen-bond donors (Lipinski definition) is 4. The van der Waals surface area contributed by atoms with Gasteiger partial charge >= 0.3 is 7.60 Å². The van der Waals surface area contributed by atoms with Crippen LogP contribution in [-0.2, 0) is 18.4 Å². The van der Waals surface area contributed by atoms with Crippen molar-refractivity contribution >= 4 is 19.5 Å². The molecule has 21 heavy (non-hydrogen) atoms. The number of amides is 1. The topological polar surface area (TPSA) is 155 Å². The Kier molecular flexibility index (Phi) is 9.98. The third-order valence-electron chi connectivity index (χ3n) is 2.40. The van der Waals surface area contributed by atoms with Crippen LogP contribution in [0.15, 0.2) is 4.99 Å². The van der Waals surface area contributed by atoms with E-state index >= 15 is 0 Å². The van der Waals surface area contributed by atoms with Gasteiger partial charge in [-0.2, -0.15) is 0 Å². The highest BCUT2D eigenvalue weighted by Gasteiger charge is 2.25. The van der Waals surface area contributed by atoms with E-state index in [0.29, 0.717) is 19.4 Å². The molecule has 7 N–H and O–H groups in total. The molecule has 124 valence electrons. The van der Waals surface area contributed by atoms with Crippen molar-refractivity contribution in [3.63, 3.8) is 0 Å². The quantitative estimate of drug-likeness (QED) is 0.176. The molecule has 0 aliphatic rings. The molecule has 0 radical (unpaired) electrons. The molecule has 1 amide bonds. The Morgan fingerprint density at radius 3 is 2.33 bits per heavy atom. The molecule has 0 bridgehead atoms. The predicted molar refractivity (Wildman–Crippen MR) is 81.8 cm³/mol. The van der Waals surface area contributed by atoms with Crippen molar-refractivity contribution in [2.75, 3.05) is 26.0 Å². The summed E-state index contributed by atoms with van der Waals surface area (Å²) in [6, 6.07) is -0.726. The molecule has 0 aliphatic heterocycles. The van der Waals surface area contributed by atoms with Crippen molar-refractivity contribution in [1.29, 1.82) is 0 Å². The van der Waals surface area contributed by atoms with Gasteiger partial charge in [-0.3, -0.25) is 14.4 Å². The van der Waals surface area contributed by atoms with Gasteiger partial charge in [0, 0.05) is 6.54 Å². The summed E-state index contributed by atoms with van der Waals surface area (Å²) in [4.78, 5) is 15.6. The van der Waals surface area contributed by atoms with Crippen LogP contribution in [0, 0.1) is 0 Å². The van der Waals surface area contributed by atoms with Crippen molar-refractivity contribution in [3.05, 3.63) is 0 Å². The summed E-state index contributed by atoms with van der Waals surface area (Å²) in [5.41, 5.74) is 16.1. The first-order chi connectivity index (χ1) is 9.84. The molecule has 0 aromatic carbocycles. The molecular weight excluding hydrogens is 297 g/mol. The van der Waals surface area contributed by atoms with E-state index in [0.717, 1.165) is 0 Å². The van der Waals surface area contributed by atoms with Crippen LogP contribution in [0.25, 0.3) is 0 Å². The standard InChI is InChI=1S/C11H26N5O4P/c1-3-19-21(18,20-4-2)8-16-10(17)9(12)6-5-7-15-11(13)14/h9H,3-8,12H2,1-2H3,(H,16,17)(H4,13,14,15)/t9-/m0/s1. The Hall–Kier alpha value is -1.15. The zero-order chi connectivity index (χ0) is 16.3. The van der Waals surface area contributed by atoms with Crippen LogP contribution >= 0.6 is 7.60 Å². The Morgan fingerprint density at radius 1 is 1.29 bits per heavy atom. The number of nitrogens with two attached hydrogens (primary N) is 3. The highest BCUT2D eigenvalue weighted by molar-refractivity contribution is 7.53. The minimum atomic E-state index is -3.30. The van der Waals surface area contributed by atoms with Crippen molar-refractivity contribution in [2.24, 2.45) is 22.2 Å². The lowest BCUT2D eigenvalue weighted by molar-refractivity contribution is -0.122. The van der Waals surface area contributed by atoms with Crippen LogP contribution in [0.2, 0.25) is 0 Å². The maximum atomic E-state index is 12.1. The van der Waals surface area contributed by atoms with E-state index in [1.807, 2.05) is 0 Å². The summed E-state index contributed by atoms with van der Waals surface area (Å²) in [6.07, 6.45) is 0.784. The van der Waals surface area contributed by atoms with E-state index in [9.17, 15) is 9.36 Å². The second kappa shape index (κ2) is 10.6. The van der Waals surface area contributed by atoms with Gasteiger partial charge in [-0.05, 0) is 26.7 Å². The lowest BCUT2D eigenvalue weighted by Crippen LogP contribution is -2.41. The maximum Gasteiger partial charge on any atom is 0.349 e. The number of nitrogens with zero attached hydrogens (tertiary/aromatic N) is 1. The Balaban J connectivity index is 4.16. The predicted octanol–water partition coefficient (Wildman–Crippen LogP) is -0.293. The van der Waals surface area contributed by atoms with Gasteiger partial charge in [0.15, 0.2) is 5.96 Å². The SMILES string of the molecule is CCOP(=O)(CNC(=O)[C@@H](N)CCCN=C(N)N)OCC. The molecule has 0 spiro atoms. The van der Waals surface area contributed by atoms with Gasteiger partial charge in [0.2, 0.25) is 5.91 Å². The number of carbonyl (C=O) groups is 1. The molecule has 0 aromatic rings. The van der Waals surface area contributed by atoms with Crippen molar-refractivity contribution < 1.29 is 18.4 Å². The molecule has 9 nitrogen and oxygen atoms in total. The number of guanidine groups is 1. The van der Waals surface area contributed by atoms with Crippen molar-refractivity contribution in [1.82, 2.24) is 5.32 Å². The highest BCUT2D eigenvalue weighted by atomic mass is 31.2. The molecule has 1 atom stereocenters. The van der Waals surface area contributed by atoms with E-state index in [-0.39, 0.29) is 25.5 Å². The molecular formula is C11H26N5O4P. The summed E-state index contributed by atoms with van der Waals surface area (Å²) >= 11 is 0. The third kappa shape index (κ3) is 9.41. The molecule has 0 unspecified atom stereocenters. The maximum absolute atomic E-state index is 12.1. The molecule has 10 heteroatoms. The van der Waals surface area contributed by atoms with Crippen LogP contribution in [0.5, 0.6) is 0 Å². The first-order valence-corrected chi connectivity index (χ1v) is 8.54. The minimum absolute atomic E-state index is 0.00221. The zero-order valence-electron chi connectivity index (χ0n) is 12.6. The van der Waals surface area contributed by atoms with E-state index in [2.05, 4.69) is 10.3 Å². The van der Waals surface area contributed by atoms with Gasteiger partial charge < -0.3 is 31.6 Å². The summed E-state index contributed by atoms with van der Waals surface area (Å²) in [7, 11) is -3.30. The lowest BCUT2D eigenvalue weighted by atomic mass is 10.1. The third-order valence-corrected chi connectivity index (χ3v) is 4.25. The molecule has 0 fully saturated rings. The zero-order valence-corrected chi connectivity index (χ0v) is 13.5. The summed E-state index contributed by atoms with van der Waals surface area (Å²) in [5, 5.41) is 2.48. The fourth-order valence-corrected chi connectivity index (χ4v) is 2.87. The molecule has 0 saturated heterocycles. The number of rotatable bonds is 11. The molecule has 0 heterocycles. The summed E-state index contributed by atoms with van der Waals surface area (Å²) < 4.78 is 22.2. The second-order valence-electron chi connectivity index (χ2n) is 4.20. The summed E-state index contributed by atoms with van der Waals surface area (Å²) in [6.45, 7) is 4.26. The van der Waals surface area contributed by atoms with Crippen molar-refractivity contribution in [2.45, 2.75) is 32.7 Å². The van der Waals surface area contributed by atoms with Gasteiger partial charge in [-0.15, -0.1) is 0 Å². The molecule has 0 rings (SSSR count). The largest absolute Gasteiger partial charge is 0.370 e. The van der Waals surface area contributed by atoms with E-state index in [1.54, 1.807) is 13.8 Å². The van der Waals surface area contributed by atoms with Gasteiger partial charge in [0.1, 0.15) is 6.29 Å². The first kappa shape index (κ1) is 19.9.